The fourth-order valence-electron chi connectivity index (χ4n) is 5.34. The van der Waals surface area contributed by atoms with Gasteiger partial charge in [0.15, 0.2) is 11.5 Å². The van der Waals surface area contributed by atoms with Crippen molar-refractivity contribution in [2.24, 2.45) is 0 Å². The maximum absolute atomic E-state index is 14.4. The molecule has 1 N–H and O–H groups in total. The highest BCUT2D eigenvalue weighted by Gasteiger charge is 2.36. The van der Waals surface area contributed by atoms with Gasteiger partial charge in [0.25, 0.3) is 5.91 Å². The van der Waals surface area contributed by atoms with Gasteiger partial charge >= 0.3 is 0 Å². The van der Waals surface area contributed by atoms with E-state index in [9.17, 15) is 9.59 Å². The second-order valence-corrected chi connectivity index (χ2v) is 10.2. The molecule has 3 aromatic carbocycles. The summed E-state index contributed by atoms with van der Waals surface area (Å²) in [6.45, 7) is 7.31. The molecule has 0 aromatic heterocycles. The molecule has 1 aliphatic carbocycles. The first-order chi connectivity index (χ1) is 18.9. The molecule has 0 radical (unpaired) electrons. The SMILES string of the molecule is CCOc1ccc([C@H](C(=O)NC2CCCC2)N(C(=O)c2ccc3c(c2)OCCO3)c2cc(C)ccc2C)cc1. The van der Waals surface area contributed by atoms with Gasteiger partial charge in [-0.25, -0.2) is 0 Å². The fourth-order valence-corrected chi connectivity index (χ4v) is 5.34. The number of benzene rings is 3. The zero-order chi connectivity index (χ0) is 27.4. The Bertz CT molecular complexity index is 1330. The number of nitrogens with zero attached hydrogens (tertiary/aromatic N) is 1. The minimum absolute atomic E-state index is 0.104. The van der Waals surface area contributed by atoms with Gasteiger partial charge in [-0.05, 0) is 86.7 Å². The largest absolute Gasteiger partial charge is 0.494 e. The highest BCUT2D eigenvalue weighted by molar-refractivity contribution is 6.10. The topological polar surface area (TPSA) is 77.1 Å². The van der Waals surface area contributed by atoms with Crippen LogP contribution in [0.15, 0.2) is 60.7 Å². The Morgan fingerprint density at radius 3 is 2.38 bits per heavy atom. The molecule has 0 unspecified atom stereocenters. The summed E-state index contributed by atoms with van der Waals surface area (Å²) in [6, 6.07) is 17.8. The maximum Gasteiger partial charge on any atom is 0.259 e. The van der Waals surface area contributed by atoms with Crippen LogP contribution in [0.4, 0.5) is 5.69 Å². The second kappa shape index (κ2) is 11.8. The van der Waals surface area contributed by atoms with E-state index >= 15 is 0 Å². The second-order valence-electron chi connectivity index (χ2n) is 10.2. The number of carbonyl (C=O) groups excluding carboxylic acids is 2. The summed E-state index contributed by atoms with van der Waals surface area (Å²) in [6.07, 6.45) is 4.08. The number of anilines is 1. The molecule has 3 aromatic rings. The first-order valence-corrected chi connectivity index (χ1v) is 13.8. The fraction of sp³-hybridized carbons (Fsp3) is 0.375. The molecule has 5 rings (SSSR count). The lowest BCUT2D eigenvalue weighted by atomic mass is 9.99. The van der Waals surface area contributed by atoms with Crippen molar-refractivity contribution in [3.8, 4) is 17.2 Å². The summed E-state index contributed by atoms with van der Waals surface area (Å²) in [5.41, 5.74) is 3.72. The van der Waals surface area contributed by atoms with Crippen molar-refractivity contribution >= 4 is 17.5 Å². The Morgan fingerprint density at radius 2 is 1.67 bits per heavy atom. The average Bonchev–Trinajstić information content (AvgIpc) is 3.46. The highest BCUT2D eigenvalue weighted by Crippen LogP contribution is 2.36. The van der Waals surface area contributed by atoms with Crippen molar-refractivity contribution in [2.45, 2.75) is 58.5 Å². The summed E-state index contributed by atoms with van der Waals surface area (Å²) in [7, 11) is 0. The summed E-state index contributed by atoms with van der Waals surface area (Å²) in [5, 5.41) is 3.25. The Hall–Kier alpha value is -4.00. The van der Waals surface area contributed by atoms with Crippen LogP contribution in [-0.2, 0) is 4.79 Å². The lowest BCUT2D eigenvalue weighted by Crippen LogP contribution is -2.46. The van der Waals surface area contributed by atoms with Gasteiger partial charge in [0.2, 0.25) is 5.91 Å². The third-order valence-electron chi connectivity index (χ3n) is 7.35. The number of fused-ring (bicyclic) bond motifs is 1. The van der Waals surface area contributed by atoms with Crippen LogP contribution in [0.1, 0.15) is 65.7 Å². The molecule has 1 atom stereocenters. The van der Waals surface area contributed by atoms with Gasteiger partial charge < -0.3 is 19.5 Å². The molecule has 1 saturated carbocycles. The summed E-state index contributed by atoms with van der Waals surface area (Å²) in [4.78, 5) is 30.2. The highest BCUT2D eigenvalue weighted by atomic mass is 16.6. The molecular formula is C32H36N2O5. The van der Waals surface area contributed by atoms with E-state index in [0.29, 0.717) is 53.9 Å². The van der Waals surface area contributed by atoms with Crippen LogP contribution in [0.3, 0.4) is 0 Å². The minimum atomic E-state index is -0.887. The lowest BCUT2D eigenvalue weighted by Gasteiger charge is -2.34. The van der Waals surface area contributed by atoms with Crippen molar-refractivity contribution in [1.29, 1.82) is 0 Å². The number of hydrogen-bond donors (Lipinski definition) is 1. The molecule has 2 amide bonds. The minimum Gasteiger partial charge on any atom is -0.494 e. The number of rotatable bonds is 8. The van der Waals surface area contributed by atoms with E-state index < -0.39 is 6.04 Å². The number of ether oxygens (including phenoxy) is 3. The smallest absolute Gasteiger partial charge is 0.259 e. The zero-order valence-corrected chi connectivity index (χ0v) is 22.9. The molecule has 1 aliphatic heterocycles. The van der Waals surface area contributed by atoms with Crippen molar-refractivity contribution < 1.29 is 23.8 Å². The number of amides is 2. The zero-order valence-electron chi connectivity index (χ0n) is 22.9. The number of aryl methyl sites for hydroxylation is 2. The lowest BCUT2D eigenvalue weighted by molar-refractivity contribution is -0.123. The van der Waals surface area contributed by atoms with Gasteiger partial charge in [0, 0.05) is 17.3 Å². The van der Waals surface area contributed by atoms with E-state index in [1.165, 1.54) is 0 Å². The third-order valence-corrected chi connectivity index (χ3v) is 7.35. The van der Waals surface area contributed by atoms with E-state index in [2.05, 4.69) is 5.32 Å². The van der Waals surface area contributed by atoms with E-state index in [-0.39, 0.29) is 17.9 Å². The van der Waals surface area contributed by atoms with Crippen LogP contribution < -0.4 is 24.4 Å². The molecule has 204 valence electrons. The van der Waals surface area contributed by atoms with Crippen molar-refractivity contribution in [3.63, 3.8) is 0 Å². The quantitative estimate of drug-likeness (QED) is 0.393. The first-order valence-electron chi connectivity index (χ1n) is 13.8. The molecule has 0 saturated heterocycles. The Kier molecular flexibility index (Phi) is 8.05. The Labute approximate surface area is 230 Å². The van der Waals surface area contributed by atoms with Crippen LogP contribution in [0, 0.1) is 13.8 Å². The van der Waals surface area contributed by atoms with Gasteiger partial charge in [-0.1, -0.05) is 37.1 Å². The number of carbonyl (C=O) groups is 2. The molecule has 1 fully saturated rings. The van der Waals surface area contributed by atoms with Gasteiger partial charge in [0.1, 0.15) is 25.0 Å². The molecule has 0 bridgehead atoms. The van der Waals surface area contributed by atoms with Crippen LogP contribution in [0.5, 0.6) is 17.2 Å². The summed E-state index contributed by atoms with van der Waals surface area (Å²) in [5.74, 6) is 1.37. The summed E-state index contributed by atoms with van der Waals surface area (Å²) >= 11 is 0. The molecular weight excluding hydrogens is 492 g/mol. The molecule has 39 heavy (non-hydrogen) atoms. The predicted molar refractivity (Wildman–Crippen MR) is 151 cm³/mol. The van der Waals surface area contributed by atoms with E-state index in [1.54, 1.807) is 23.1 Å². The van der Waals surface area contributed by atoms with E-state index in [1.807, 2.05) is 63.2 Å². The van der Waals surface area contributed by atoms with Gasteiger partial charge in [-0.15, -0.1) is 0 Å². The van der Waals surface area contributed by atoms with Crippen LogP contribution in [0.2, 0.25) is 0 Å². The molecule has 0 spiro atoms. The third kappa shape index (κ3) is 5.87. The maximum atomic E-state index is 14.4. The number of nitrogens with one attached hydrogen (secondary N) is 1. The number of hydrogen-bond acceptors (Lipinski definition) is 5. The van der Waals surface area contributed by atoms with Crippen LogP contribution in [-0.4, -0.2) is 37.7 Å². The van der Waals surface area contributed by atoms with Crippen molar-refractivity contribution in [3.05, 3.63) is 82.9 Å². The van der Waals surface area contributed by atoms with Crippen LogP contribution >= 0.6 is 0 Å². The van der Waals surface area contributed by atoms with E-state index in [0.717, 1.165) is 36.8 Å². The Balaban J connectivity index is 1.62. The van der Waals surface area contributed by atoms with E-state index in [4.69, 9.17) is 14.2 Å². The Morgan fingerprint density at radius 1 is 0.949 bits per heavy atom. The molecule has 7 heteroatoms. The monoisotopic (exact) mass is 528 g/mol. The van der Waals surface area contributed by atoms with Gasteiger partial charge in [0.05, 0.1) is 6.61 Å². The summed E-state index contributed by atoms with van der Waals surface area (Å²) < 4.78 is 17.1. The van der Waals surface area contributed by atoms with Crippen LogP contribution in [0.25, 0.3) is 0 Å². The average molecular weight is 529 g/mol. The van der Waals surface area contributed by atoms with Crippen molar-refractivity contribution in [1.82, 2.24) is 5.32 Å². The normalized spacial score (nSPS) is 15.5. The van der Waals surface area contributed by atoms with Gasteiger partial charge in [-0.2, -0.15) is 0 Å². The molecule has 7 nitrogen and oxygen atoms in total. The molecule has 1 heterocycles. The van der Waals surface area contributed by atoms with Crippen molar-refractivity contribution in [2.75, 3.05) is 24.7 Å². The standard InChI is InChI=1S/C32H36N2O5/c1-4-37-26-14-11-23(12-15-26)30(31(35)33-25-7-5-6-8-25)34(27-19-21(2)9-10-22(27)3)32(36)24-13-16-28-29(20-24)39-18-17-38-28/h9-16,19-20,25,30H,4-8,17-18H2,1-3H3,(H,33,35)/t30-/m1/s1. The predicted octanol–water partition coefficient (Wildman–Crippen LogP) is 5.92. The molecule has 2 aliphatic rings. The first kappa shape index (κ1) is 26.6. The van der Waals surface area contributed by atoms with Gasteiger partial charge in [-0.3, -0.25) is 14.5 Å².